The Morgan fingerprint density at radius 3 is 2.47 bits per heavy atom. The Bertz CT molecular complexity index is 1240. The molecule has 0 spiro atoms. The average Bonchev–Trinajstić information content (AvgIpc) is 3.11. The Morgan fingerprint density at radius 2 is 1.80 bits per heavy atom. The van der Waals surface area contributed by atoms with Crippen LogP contribution in [0.2, 0.25) is 10.0 Å². The molecule has 0 unspecified atom stereocenters. The molecule has 0 aliphatic carbocycles. The summed E-state index contributed by atoms with van der Waals surface area (Å²) in [6.07, 6.45) is 1.56. The van der Waals surface area contributed by atoms with E-state index in [4.69, 9.17) is 33.0 Å². The fourth-order valence-electron chi connectivity index (χ4n) is 3.16. The zero-order valence-electron chi connectivity index (χ0n) is 15.4. The zero-order valence-corrected chi connectivity index (χ0v) is 16.9. The summed E-state index contributed by atoms with van der Waals surface area (Å²) in [5.41, 5.74) is 2.59. The number of aliphatic hydroxyl groups is 1. The Hall–Kier alpha value is -3.13. The number of carbonyl (C=O) groups is 1. The molecule has 4 rings (SSSR count). The van der Waals surface area contributed by atoms with Gasteiger partial charge in [0.15, 0.2) is 11.2 Å². The van der Waals surface area contributed by atoms with Crippen molar-refractivity contribution in [2.24, 2.45) is 0 Å². The Balaban J connectivity index is 2.08. The first-order chi connectivity index (χ1) is 14.5. The number of benzene rings is 2. The van der Waals surface area contributed by atoms with Gasteiger partial charge in [0.05, 0.1) is 12.3 Å². The van der Waals surface area contributed by atoms with E-state index in [-0.39, 0.29) is 30.3 Å². The molecular weight excluding hydrogens is 429 g/mol. The predicted octanol–water partition coefficient (Wildman–Crippen LogP) is 4.44. The maximum Gasteiger partial charge on any atom is 0.345 e. The molecule has 0 radical (unpaired) electrons. The summed E-state index contributed by atoms with van der Waals surface area (Å²) in [6, 6.07) is 14.3. The number of aliphatic hydroxyl groups excluding tert-OH is 1. The maximum atomic E-state index is 11.9. The first-order valence-corrected chi connectivity index (χ1v) is 9.66. The molecule has 9 heteroatoms. The lowest BCUT2D eigenvalue weighted by molar-refractivity contribution is 0.0692. The molecule has 0 saturated heterocycles. The monoisotopic (exact) mass is 443 g/mol. The number of carboxylic acids is 1. The van der Waals surface area contributed by atoms with Crippen LogP contribution < -0.4 is 4.74 Å². The van der Waals surface area contributed by atoms with Gasteiger partial charge in [-0.15, -0.1) is 5.10 Å². The molecule has 7 nitrogen and oxygen atoms in total. The molecule has 0 aliphatic rings. The first kappa shape index (κ1) is 20.2. The second kappa shape index (κ2) is 8.31. The van der Waals surface area contributed by atoms with Crippen molar-refractivity contribution >= 4 is 34.8 Å². The molecule has 0 amide bonds. The highest BCUT2D eigenvalue weighted by Gasteiger charge is 2.26. The average molecular weight is 444 g/mol. The highest BCUT2D eigenvalue weighted by molar-refractivity contribution is 6.33. The van der Waals surface area contributed by atoms with Crippen LogP contribution in [-0.4, -0.2) is 44.0 Å². The van der Waals surface area contributed by atoms with Gasteiger partial charge in [-0.25, -0.2) is 14.3 Å². The van der Waals surface area contributed by atoms with Crippen molar-refractivity contribution in [3.63, 3.8) is 0 Å². The van der Waals surface area contributed by atoms with E-state index in [0.29, 0.717) is 26.9 Å². The largest absolute Gasteiger partial charge is 0.477 e. The fourth-order valence-corrected chi connectivity index (χ4v) is 3.52. The van der Waals surface area contributed by atoms with Crippen molar-refractivity contribution in [2.45, 2.75) is 0 Å². The lowest BCUT2D eigenvalue weighted by Gasteiger charge is -2.13. The molecule has 0 fully saturated rings. The quantitative estimate of drug-likeness (QED) is 0.457. The Kier molecular flexibility index (Phi) is 5.59. The van der Waals surface area contributed by atoms with Crippen LogP contribution in [0.25, 0.3) is 28.0 Å². The molecule has 30 heavy (non-hydrogen) atoms. The molecule has 2 heterocycles. The highest BCUT2D eigenvalue weighted by Crippen LogP contribution is 2.37. The van der Waals surface area contributed by atoms with Gasteiger partial charge >= 0.3 is 5.97 Å². The van der Waals surface area contributed by atoms with E-state index in [9.17, 15) is 9.90 Å². The molecule has 4 aromatic rings. The Labute approximate surface area is 181 Å². The van der Waals surface area contributed by atoms with Crippen molar-refractivity contribution in [1.82, 2.24) is 14.6 Å². The smallest absolute Gasteiger partial charge is 0.345 e. The van der Waals surface area contributed by atoms with E-state index in [0.717, 1.165) is 5.56 Å². The number of fused-ring (bicyclic) bond motifs is 1. The normalized spacial score (nSPS) is 11.0. The standard InChI is InChI=1S/C21H15Cl2N3O4/c22-13-7-5-12(6-8-13)18-15(14-3-1-2-4-16(14)23)11-24-19-17(21(28)29)20(25-26(18)19)30-10-9-27/h1-8,11,27H,9-10H2,(H,28,29). The van der Waals surface area contributed by atoms with E-state index in [1.807, 2.05) is 18.2 Å². The molecule has 0 saturated carbocycles. The summed E-state index contributed by atoms with van der Waals surface area (Å²) in [7, 11) is 0. The van der Waals surface area contributed by atoms with Crippen molar-refractivity contribution < 1.29 is 19.7 Å². The summed E-state index contributed by atoms with van der Waals surface area (Å²) in [5.74, 6) is -1.37. The lowest BCUT2D eigenvalue weighted by Crippen LogP contribution is -2.06. The summed E-state index contributed by atoms with van der Waals surface area (Å²) in [6.45, 7) is -0.382. The first-order valence-electron chi connectivity index (χ1n) is 8.90. The van der Waals surface area contributed by atoms with E-state index in [2.05, 4.69) is 10.1 Å². The number of hydrogen-bond donors (Lipinski definition) is 2. The van der Waals surface area contributed by atoms with Crippen molar-refractivity contribution in [3.8, 4) is 28.3 Å². The van der Waals surface area contributed by atoms with Crippen LogP contribution >= 0.6 is 23.2 Å². The van der Waals surface area contributed by atoms with E-state index in [1.165, 1.54) is 4.52 Å². The highest BCUT2D eigenvalue weighted by atomic mass is 35.5. The van der Waals surface area contributed by atoms with Gasteiger partial charge in [-0.05, 0) is 18.2 Å². The molecule has 2 aromatic heterocycles. The van der Waals surface area contributed by atoms with Gasteiger partial charge in [-0.1, -0.05) is 53.5 Å². The number of carboxylic acid groups (broad SMARTS) is 1. The number of aromatic carboxylic acids is 1. The van der Waals surface area contributed by atoms with Gasteiger partial charge in [0.2, 0.25) is 0 Å². The van der Waals surface area contributed by atoms with Gasteiger partial charge in [-0.2, -0.15) is 0 Å². The second-order valence-corrected chi connectivity index (χ2v) is 7.14. The van der Waals surface area contributed by atoms with Crippen LogP contribution in [0.3, 0.4) is 0 Å². The van der Waals surface area contributed by atoms with Crippen molar-refractivity contribution in [1.29, 1.82) is 0 Å². The number of ether oxygens (including phenoxy) is 1. The number of halogens is 2. The fraction of sp³-hybridized carbons (Fsp3) is 0.0952. The molecule has 152 valence electrons. The minimum atomic E-state index is -1.24. The lowest BCUT2D eigenvalue weighted by atomic mass is 10.0. The molecule has 2 aromatic carbocycles. The third-order valence-electron chi connectivity index (χ3n) is 4.44. The molecule has 0 atom stereocenters. The van der Waals surface area contributed by atoms with Crippen LogP contribution in [-0.2, 0) is 0 Å². The van der Waals surface area contributed by atoms with Crippen molar-refractivity contribution in [2.75, 3.05) is 13.2 Å². The van der Waals surface area contributed by atoms with Crippen LogP contribution in [0.15, 0.2) is 54.7 Å². The van der Waals surface area contributed by atoms with Crippen LogP contribution in [0.4, 0.5) is 0 Å². The molecule has 2 N–H and O–H groups in total. The topological polar surface area (TPSA) is 97.0 Å². The summed E-state index contributed by atoms with van der Waals surface area (Å²) in [4.78, 5) is 16.2. The van der Waals surface area contributed by atoms with E-state index < -0.39 is 5.97 Å². The van der Waals surface area contributed by atoms with Gasteiger partial charge in [-0.3, -0.25) is 0 Å². The number of hydrogen-bond acceptors (Lipinski definition) is 5. The third kappa shape index (κ3) is 3.59. The third-order valence-corrected chi connectivity index (χ3v) is 5.02. The second-order valence-electron chi connectivity index (χ2n) is 6.30. The summed E-state index contributed by atoms with van der Waals surface area (Å²) >= 11 is 12.5. The number of rotatable bonds is 6. The number of aromatic nitrogens is 3. The molecular formula is C21H15Cl2N3O4. The van der Waals surface area contributed by atoms with E-state index >= 15 is 0 Å². The SMILES string of the molecule is O=C(O)c1c(OCCO)nn2c(-c3ccc(Cl)cc3)c(-c3ccccc3Cl)cnc12. The van der Waals surface area contributed by atoms with E-state index in [1.54, 1.807) is 36.5 Å². The molecule has 0 aliphatic heterocycles. The van der Waals surface area contributed by atoms with Gasteiger partial charge in [0.1, 0.15) is 6.61 Å². The Morgan fingerprint density at radius 1 is 1.07 bits per heavy atom. The van der Waals surface area contributed by atoms with Gasteiger partial charge in [0, 0.05) is 32.9 Å². The predicted molar refractivity (Wildman–Crippen MR) is 113 cm³/mol. The zero-order chi connectivity index (χ0) is 21.3. The van der Waals surface area contributed by atoms with Crippen LogP contribution in [0.1, 0.15) is 10.4 Å². The molecule has 0 bridgehead atoms. The summed E-state index contributed by atoms with van der Waals surface area (Å²) < 4.78 is 6.78. The minimum Gasteiger partial charge on any atom is -0.477 e. The van der Waals surface area contributed by atoms with Crippen molar-refractivity contribution in [3.05, 3.63) is 70.3 Å². The van der Waals surface area contributed by atoms with Gasteiger partial charge in [0.25, 0.3) is 5.88 Å². The number of nitrogens with zero attached hydrogens (tertiary/aromatic N) is 3. The van der Waals surface area contributed by atoms with Crippen LogP contribution in [0.5, 0.6) is 5.88 Å². The summed E-state index contributed by atoms with van der Waals surface area (Å²) in [5, 5.41) is 24.2. The van der Waals surface area contributed by atoms with Gasteiger partial charge < -0.3 is 14.9 Å². The maximum absolute atomic E-state index is 11.9. The van der Waals surface area contributed by atoms with Crippen LogP contribution in [0, 0.1) is 0 Å². The minimum absolute atomic E-state index is 0.0994.